The fourth-order valence-electron chi connectivity index (χ4n) is 6.63. The molecular formula is C22H34NO4+. The van der Waals surface area contributed by atoms with Crippen LogP contribution in [0.2, 0.25) is 0 Å². The molecule has 5 aliphatic rings. The summed E-state index contributed by atoms with van der Waals surface area (Å²) in [5.41, 5.74) is 3.50. The Morgan fingerprint density at radius 2 is 1.89 bits per heavy atom. The van der Waals surface area contributed by atoms with E-state index in [1.165, 1.54) is 24.2 Å². The number of likely N-dealkylation sites (tertiary alicyclic amines) is 1. The highest BCUT2D eigenvalue weighted by Gasteiger charge is 2.54. The normalized spacial score (nSPS) is 41.6. The Bertz CT molecular complexity index is 643. The minimum absolute atomic E-state index is 0.0617. The second kappa shape index (κ2) is 6.57. The van der Waals surface area contributed by atoms with E-state index in [1.807, 2.05) is 0 Å². The lowest BCUT2D eigenvalue weighted by atomic mass is 9.59. The van der Waals surface area contributed by atoms with E-state index in [9.17, 15) is 4.79 Å². The Morgan fingerprint density at radius 1 is 1.15 bits per heavy atom. The van der Waals surface area contributed by atoms with E-state index in [0.717, 1.165) is 58.5 Å². The van der Waals surface area contributed by atoms with Gasteiger partial charge in [-0.2, -0.15) is 0 Å². The zero-order chi connectivity index (χ0) is 18.6. The lowest BCUT2D eigenvalue weighted by Crippen LogP contribution is -3.14. The first kappa shape index (κ1) is 18.1. The summed E-state index contributed by atoms with van der Waals surface area (Å²) in [6.07, 6.45) is 7.91. The number of quaternary nitrogens is 1. The molecule has 4 fully saturated rings. The number of carbonyl (C=O) groups excluding carboxylic acids is 1. The summed E-state index contributed by atoms with van der Waals surface area (Å²) in [7, 11) is 0. The molecule has 3 saturated heterocycles. The van der Waals surface area contributed by atoms with E-state index >= 15 is 0 Å². The molecule has 1 saturated carbocycles. The molecule has 3 aliphatic heterocycles. The van der Waals surface area contributed by atoms with Crippen molar-refractivity contribution in [3.63, 3.8) is 0 Å². The molecule has 150 valence electrons. The van der Waals surface area contributed by atoms with Crippen LogP contribution in [0, 0.1) is 17.3 Å². The first-order valence-electron chi connectivity index (χ1n) is 11.0. The predicted octanol–water partition coefficient (Wildman–Crippen LogP) is 1.87. The predicted molar refractivity (Wildman–Crippen MR) is 100 cm³/mol. The third-order valence-corrected chi connectivity index (χ3v) is 8.22. The van der Waals surface area contributed by atoms with E-state index in [0.29, 0.717) is 5.92 Å². The number of hydrogen-bond acceptors (Lipinski definition) is 4. The van der Waals surface area contributed by atoms with Crippen LogP contribution in [-0.4, -0.2) is 50.7 Å². The van der Waals surface area contributed by atoms with Crippen molar-refractivity contribution < 1.29 is 23.9 Å². The summed E-state index contributed by atoms with van der Waals surface area (Å²) in [5.74, 6) is 0.192. The third kappa shape index (κ3) is 3.06. The highest BCUT2D eigenvalue weighted by Crippen LogP contribution is 2.54. The highest BCUT2D eigenvalue weighted by molar-refractivity contribution is 5.75. The second-order valence-electron chi connectivity index (χ2n) is 9.89. The van der Waals surface area contributed by atoms with Crippen LogP contribution in [-0.2, 0) is 19.0 Å². The lowest BCUT2D eigenvalue weighted by Gasteiger charge is -2.46. The first-order chi connectivity index (χ1) is 13.0. The van der Waals surface area contributed by atoms with E-state index < -0.39 is 0 Å². The molecule has 0 amide bonds. The monoisotopic (exact) mass is 376 g/mol. The van der Waals surface area contributed by atoms with Crippen molar-refractivity contribution in [3.8, 4) is 0 Å². The Kier molecular flexibility index (Phi) is 4.41. The molecule has 4 atom stereocenters. The molecule has 5 heteroatoms. The molecule has 5 rings (SSSR count). The van der Waals surface area contributed by atoms with Gasteiger partial charge in [-0.1, -0.05) is 18.1 Å². The summed E-state index contributed by atoms with van der Waals surface area (Å²) >= 11 is 0. The van der Waals surface area contributed by atoms with Crippen molar-refractivity contribution in [2.45, 2.75) is 70.7 Å². The average molecular weight is 377 g/mol. The van der Waals surface area contributed by atoms with Gasteiger partial charge in [-0.05, 0) is 44.4 Å². The highest BCUT2D eigenvalue weighted by atomic mass is 16.7. The van der Waals surface area contributed by atoms with Gasteiger partial charge in [0.1, 0.15) is 12.0 Å². The van der Waals surface area contributed by atoms with Gasteiger partial charge in [0.15, 0.2) is 5.79 Å². The average Bonchev–Trinajstić information content (AvgIpc) is 3.20. The van der Waals surface area contributed by atoms with Crippen LogP contribution in [0.5, 0.6) is 0 Å². The third-order valence-electron chi connectivity index (χ3n) is 8.22. The standard InChI is InChI=1S/C22H33NO4/c1-15-4-3-5-21(2)13-19-16(12-18(15)21)17(20(24)27-19)14-23-8-6-22(7-9-23)25-10-11-26-22/h16-17,19H,3-14H2,1-2H3/p+1/t16-,17-,19-,21-/m1/s1. The summed E-state index contributed by atoms with van der Waals surface area (Å²) < 4.78 is 17.6. The molecule has 5 nitrogen and oxygen atoms in total. The largest absolute Gasteiger partial charge is 0.462 e. The summed E-state index contributed by atoms with van der Waals surface area (Å²) in [5, 5.41) is 0. The molecule has 0 bridgehead atoms. The zero-order valence-electron chi connectivity index (χ0n) is 16.9. The topological polar surface area (TPSA) is 49.2 Å². The molecule has 2 aliphatic carbocycles. The molecule has 0 aromatic carbocycles. The fraction of sp³-hybridized carbons (Fsp3) is 0.864. The molecule has 27 heavy (non-hydrogen) atoms. The van der Waals surface area contributed by atoms with Crippen molar-refractivity contribution in [1.29, 1.82) is 0 Å². The van der Waals surface area contributed by atoms with Crippen molar-refractivity contribution in [3.05, 3.63) is 11.1 Å². The maximum absolute atomic E-state index is 12.8. The Hall–Kier alpha value is -0.910. The van der Waals surface area contributed by atoms with Gasteiger partial charge in [-0.15, -0.1) is 0 Å². The van der Waals surface area contributed by atoms with E-state index in [2.05, 4.69) is 13.8 Å². The Morgan fingerprint density at radius 3 is 2.63 bits per heavy atom. The van der Waals surface area contributed by atoms with Crippen molar-refractivity contribution >= 4 is 5.97 Å². The van der Waals surface area contributed by atoms with Gasteiger partial charge in [-0.3, -0.25) is 4.79 Å². The molecular weight excluding hydrogens is 342 g/mol. The molecule has 0 radical (unpaired) electrons. The maximum Gasteiger partial charge on any atom is 0.315 e. The molecule has 0 aromatic rings. The van der Waals surface area contributed by atoms with E-state index in [-0.39, 0.29) is 29.2 Å². The number of hydrogen-bond donors (Lipinski definition) is 1. The minimum atomic E-state index is -0.321. The molecule has 3 heterocycles. The van der Waals surface area contributed by atoms with Gasteiger partial charge in [0.2, 0.25) is 0 Å². The Balaban J connectivity index is 1.28. The number of allylic oxidation sites excluding steroid dienone is 2. The molecule has 0 unspecified atom stereocenters. The van der Waals surface area contributed by atoms with Crippen LogP contribution in [0.15, 0.2) is 11.1 Å². The van der Waals surface area contributed by atoms with Crippen LogP contribution >= 0.6 is 0 Å². The number of nitrogens with one attached hydrogen (secondary N) is 1. The number of piperidine rings is 1. The van der Waals surface area contributed by atoms with Crippen LogP contribution in [0.25, 0.3) is 0 Å². The van der Waals surface area contributed by atoms with Crippen LogP contribution in [0.3, 0.4) is 0 Å². The van der Waals surface area contributed by atoms with Crippen molar-refractivity contribution in [1.82, 2.24) is 0 Å². The van der Waals surface area contributed by atoms with Crippen LogP contribution in [0.1, 0.15) is 58.8 Å². The maximum atomic E-state index is 12.8. The van der Waals surface area contributed by atoms with Crippen LogP contribution < -0.4 is 4.90 Å². The fourth-order valence-corrected chi connectivity index (χ4v) is 6.63. The van der Waals surface area contributed by atoms with Gasteiger partial charge in [-0.25, -0.2) is 0 Å². The van der Waals surface area contributed by atoms with E-state index in [4.69, 9.17) is 14.2 Å². The number of carbonyl (C=O) groups is 1. The molecule has 1 spiro atoms. The molecule has 0 aromatic heterocycles. The van der Waals surface area contributed by atoms with E-state index in [1.54, 1.807) is 11.1 Å². The second-order valence-corrected chi connectivity index (χ2v) is 9.89. The number of esters is 1. The number of rotatable bonds is 2. The number of fused-ring (bicyclic) bond motifs is 2. The summed E-state index contributed by atoms with van der Waals surface area (Å²) in [4.78, 5) is 14.3. The minimum Gasteiger partial charge on any atom is -0.462 e. The Labute approximate surface area is 162 Å². The smallest absolute Gasteiger partial charge is 0.315 e. The van der Waals surface area contributed by atoms with Gasteiger partial charge < -0.3 is 19.1 Å². The lowest BCUT2D eigenvalue weighted by molar-refractivity contribution is -0.911. The van der Waals surface area contributed by atoms with Crippen molar-refractivity contribution in [2.75, 3.05) is 32.8 Å². The van der Waals surface area contributed by atoms with Gasteiger partial charge in [0, 0.05) is 5.92 Å². The summed E-state index contributed by atoms with van der Waals surface area (Å²) in [6, 6.07) is 0. The summed E-state index contributed by atoms with van der Waals surface area (Å²) in [6.45, 7) is 9.14. The zero-order valence-corrected chi connectivity index (χ0v) is 16.9. The van der Waals surface area contributed by atoms with Gasteiger partial charge in [0.25, 0.3) is 0 Å². The van der Waals surface area contributed by atoms with Gasteiger partial charge in [0.05, 0.1) is 45.7 Å². The first-order valence-corrected chi connectivity index (χ1v) is 11.0. The van der Waals surface area contributed by atoms with Crippen molar-refractivity contribution in [2.24, 2.45) is 17.3 Å². The van der Waals surface area contributed by atoms with Gasteiger partial charge >= 0.3 is 5.97 Å². The quantitative estimate of drug-likeness (QED) is 0.590. The number of ether oxygens (including phenoxy) is 3. The SMILES string of the molecule is CC1=C2C[C@H]3[C@@H](C[C@@]2(C)CCC1)OC(=O)[C@@H]3C[NH+]1CCC2(CC1)OCCO2. The molecule has 1 N–H and O–H groups in total. The van der Waals surface area contributed by atoms with Crippen LogP contribution in [0.4, 0.5) is 0 Å².